The molecule has 0 saturated carbocycles. The molecule has 1 atom stereocenters. The minimum atomic E-state index is -0.0190. The largest absolute Gasteiger partial charge is 0.508 e. The molecule has 0 spiro atoms. The van der Waals surface area contributed by atoms with Gasteiger partial charge in [-0.2, -0.15) is 0 Å². The van der Waals surface area contributed by atoms with Gasteiger partial charge in [0.2, 0.25) is 0 Å². The zero-order valence-corrected chi connectivity index (χ0v) is 16.7. The third-order valence-corrected chi connectivity index (χ3v) is 4.00. The van der Waals surface area contributed by atoms with Crippen LogP contribution in [0, 0.1) is 0 Å². The molecular weight excluding hydrogens is 352 g/mol. The number of aromatic nitrogens is 2. The maximum Gasteiger partial charge on any atom is 0.147 e. The summed E-state index contributed by atoms with van der Waals surface area (Å²) in [5, 5.41) is 10.7. The van der Waals surface area contributed by atoms with Crippen molar-refractivity contribution in [2.75, 3.05) is 13.4 Å². The van der Waals surface area contributed by atoms with Crippen molar-refractivity contribution in [1.82, 2.24) is 9.97 Å². The molecule has 0 saturated heterocycles. The summed E-state index contributed by atoms with van der Waals surface area (Å²) in [6.07, 6.45) is 9.34. The van der Waals surface area contributed by atoms with Crippen molar-refractivity contribution in [1.29, 1.82) is 0 Å². The highest BCUT2D eigenvalue weighted by Crippen LogP contribution is 2.27. The fourth-order valence-electron chi connectivity index (χ4n) is 2.52. The van der Waals surface area contributed by atoms with Crippen molar-refractivity contribution < 1.29 is 14.6 Å². The Morgan fingerprint density at radius 1 is 1.25 bits per heavy atom. The van der Waals surface area contributed by atoms with Crippen molar-refractivity contribution in [3.05, 3.63) is 67.0 Å². The molecule has 0 aliphatic heterocycles. The second-order valence-electron chi connectivity index (χ2n) is 5.91. The predicted molar refractivity (Wildman–Crippen MR) is 115 cm³/mol. The third kappa shape index (κ3) is 5.81. The van der Waals surface area contributed by atoms with Gasteiger partial charge in [0, 0.05) is 28.9 Å². The number of pyridine rings is 1. The summed E-state index contributed by atoms with van der Waals surface area (Å²) in [7, 11) is 0. The molecule has 2 aromatic heterocycles. The van der Waals surface area contributed by atoms with Gasteiger partial charge in [-0.3, -0.25) is 0 Å². The fourth-order valence-corrected chi connectivity index (χ4v) is 2.52. The predicted octanol–water partition coefficient (Wildman–Crippen LogP) is 5.54. The van der Waals surface area contributed by atoms with E-state index in [0.717, 1.165) is 27.7 Å². The van der Waals surface area contributed by atoms with Gasteiger partial charge in [0.15, 0.2) is 0 Å². The molecule has 3 aromatic rings. The number of aromatic hydroxyl groups is 1. The maximum atomic E-state index is 9.67. The molecule has 0 bridgehead atoms. The van der Waals surface area contributed by atoms with Gasteiger partial charge in [0.25, 0.3) is 0 Å². The highest BCUT2D eigenvalue weighted by atomic mass is 16.7. The number of fused-ring (bicyclic) bond motifs is 1. The minimum Gasteiger partial charge on any atom is -0.508 e. The number of nitrogens with one attached hydrogen (secondary N) is 1. The number of benzene rings is 1. The van der Waals surface area contributed by atoms with Crippen molar-refractivity contribution >= 4 is 17.1 Å². The van der Waals surface area contributed by atoms with Gasteiger partial charge in [0.05, 0.1) is 12.7 Å². The molecule has 1 aromatic carbocycles. The lowest BCUT2D eigenvalue weighted by atomic mass is 10.1. The smallest absolute Gasteiger partial charge is 0.147 e. The van der Waals surface area contributed by atoms with Gasteiger partial charge in [-0.15, -0.1) is 6.58 Å². The lowest BCUT2D eigenvalue weighted by Gasteiger charge is -2.07. The van der Waals surface area contributed by atoms with Crippen LogP contribution in [-0.2, 0) is 9.47 Å². The number of hydrogen-bond acceptors (Lipinski definition) is 4. The number of phenols is 1. The Morgan fingerprint density at radius 3 is 2.82 bits per heavy atom. The molecule has 0 fully saturated rings. The van der Waals surface area contributed by atoms with E-state index in [9.17, 15) is 5.11 Å². The van der Waals surface area contributed by atoms with Crippen LogP contribution in [-0.4, -0.2) is 34.6 Å². The monoisotopic (exact) mass is 380 g/mol. The summed E-state index contributed by atoms with van der Waals surface area (Å²) >= 11 is 0. The van der Waals surface area contributed by atoms with Gasteiger partial charge in [-0.25, -0.2) is 4.98 Å². The van der Waals surface area contributed by atoms with Crippen molar-refractivity contribution in [2.24, 2.45) is 0 Å². The highest BCUT2D eigenvalue weighted by molar-refractivity contribution is 5.89. The van der Waals surface area contributed by atoms with E-state index in [1.54, 1.807) is 24.4 Å². The van der Waals surface area contributed by atoms with Crippen LogP contribution in [0.4, 0.5) is 0 Å². The summed E-state index contributed by atoms with van der Waals surface area (Å²) in [5.41, 5.74) is 3.72. The Balaban J connectivity index is 0.00000136. The Bertz CT molecular complexity index is 915. The quantitative estimate of drug-likeness (QED) is 0.306. The third-order valence-electron chi connectivity index (χ3n) is 4.00. The van der Waals surface area contributed by atoms with Gasteiger partial charge >= 0.3 is 0 Å². The lowest BCUT2D eigenvalue weighted by molar-refractivity contribution is -0.0613. The van der Waals surface area contributed by atoms with Crippen LogP contribution in [0.2, 0.25) is 0 Å². The second kappa shape index (κ2) is 11.1. The highest BCUT2D eigenvalue weighted by Gasteiger charge is 2.06. The zero-order valence-electron chi connectivity index (χ0n) is 16.7. The number of aromatic amines is 1. The van der Waals surface area contributed by atoms with Crippen LogP contribution < -0.4 is 0 Å². The summed E-state index contributed by atoms with van der Waals surface area (Å²) in [5.74, 6) is 0.238. The van der Waals surface area contributed by atoms with E-state index in [1.165, 1.54) is 0 Å². The number of rotatable bonds is 8. The first-order chi connectivity index (χ1) is 13.7. The molecule has 0 amide bonds. The van der Waals surface area contributed by atoms with E-state index in [0.29, 0.717) is 6.61 Å². The molecule has 5 nitrogen and oxygen atoms in total. The first kappa shape index (κ1) is 21.4. The fraction of sp³-hybridized carbons (Fsp3) is 0.261. The Labute approximate surface area is 166 Å². The van der Waals surface area contributed by atoms with Crippen LogP contribution in [0.25, 0.3) is 28.2 Å². The molecule has 0 radical (unpaired) electrons. The first-order valence-electron chi connectivity index (χ1n) is 9.42. The van der Waals surface area contributed by atoms with Crippen molar-refractivity contribution in [3.63, 3.8) is 0 Å². The maximum absolute atomic E-state index is 9.67. The number of phenolic OH excluding ortho intramolecular Hbond substituents is 1. The number of H-pyrrole nitrogens is 1. The van der Waals surface area contributed by atoms with Gasteiger partial charge in [0.1, 0.15) is 18.2 Å². The standard InChI is InChI=1S/C21H22N2O3.C2H6/c1-3-15(2)26-14-25-9-5-7-17-12-22-21-20(17)11-18(13-23-21)16-6-4-8-19(24)10-16;1-2/h3-8,10-13,15,24H,1,9,14H2,2H3,(H,22,23);1-2H3/b7-5+;. The molecule has 28 heavy (non-hydrogen) atoms. The zero-order chi connectivity index (χ0) is 20.4. The summed E-state index contributed by atoms with van der Waals surface area (Å²) in [6, 6.07) is 9.20. The molecule has 5 heteroatoms. The van der Waals surface area contributed by atoms with Crippen LogP contribution in [0.1, 0.15) is 26.3 Å². The summed E-state index contributed by atoms with van der Waals surface area (Å²) < 4.78 is 10.8. The average molecular weight is 380 g/mol. The van der Waals surface area contributed by atoms with Crippen LogP contribution in [0.15, 0.2) is 61.5 Å². The van der Waals surface area contributed by atoms with Crippen molar-refractivity contribution in [3.8, 4) is 16.9 Å². The normalized spacial score (nSPS) is 12.0. The number of hydrogen-bond donors (Lipinski definition) is 2. The summed E-state index contributed by atoms with van der Waals surface area (Å²) in [4.78, 5) is 7.63. The van der Waals surface area contributed by atoms with Gasteiger partial charge in [-0.1, -0.05) is 44.2 Å². The number of nitrogens with zero attached hydrogens (tertiary/aromatic N) is 1. The second-order valence-corrected chi connectivity index (χ2v) is 5.91. The molecule has 1 unspecified atom stereocenters. The van der Waals surface area contributed by atoms with E-state index in [1.807, 2.05) is 51.3 Å². The van der Waals surface area contributed by atoms with Gasteiger partial charge in [-0.05, 0) is 30.7 Å². The molecule has 3 rings (SSSR count). The molecule has 0 aliphatic carbocycles. The van der Waals surface area contributed by atoms with Crippen LogP contribution in [0.5, 0.6) is 5.75 Å². The van der Waals surface area contributed by atoms with Crippen LogP contribution >= 0.6 is 0 Å². The topological polar surface area (TPSA) is 67.4 Å². The van der Waals surface area contributed by atoms with Crippen LogP contribution in [0.3, 0.4) is 0 Å². The molecule has 0 aliphatic rings. The Morgan fingerprint density at radius 2 is 2.07 bits per heavy atom. The van der Waals surface area contributed by atoms with E-state index in [4.69, 9.17) is 9.47 Å². The molecule has 2 N–H and O–H groups in total. The summed E-state index contributed by atoms with van der Waals surface area (Å²) in [6.45, 7) is 10.3. The lowest BCUT2D eigenvalue weighted by Crippen LogP contribution is -2.07. The molecule has 148 valence electrons. The molecular formula is C23H28N2O3. The van der Waals surface area contributed by atoms with Crippen molar-refractivity contribution in [2.45, 2.75) is 26.9 Å². The average Bonchev–Trinajstić information content (AvgIpc) is 3.14. The Kier molecular flexibility index (Phi) is 8.46. The van der Waals surface area contributed by atoms with E-state index in [2.05, 4.69) is 22.6 Å². The van der Waals surface area contributed by atoms with Gasteiger partial charge < -0.3 is 19.6 Å². The number of ether oxygens (including phenoxy) is 2. The van der Waals surface area contributed by atoms with E-state index < -0.39 is 0 Å². The van der Waals surface area contributed by atoms with E-state index >= 15 is 0 Å². The Hall–Kier alpha value is -2.89. The minimum absolute atomic E-state index is 0.0190. The first-order valence-corrected chi connectivity index (χ1v) is 9.42. The SMILES string of the molecule is C=CC(C)OCOC/C=C/c1c[nH]c2ncc(-c3cccc(O)c3)cc12.CC. The molecule has 2 heterocycles. The van der Waals surface area contributed by atoms with E-state index in [-0.39, 0.29) is 18.6 Å².